The Labute approximate surface area is 167 Å². The lowest BCUT2D eigenvalue weighted by atomic mass is 10.1. The largest absolute Gasteiger partial charge is 0.253 e. The van der Waals surface area contributed by atoms with E-state index in [1.165, 1.54) is 89.9 Å². The predicted octanol–water partition coefficient (Wildman–Crippen LogP) is 6.70. The summed E-state index contributed by atoms with van der Waals surface area (Å²) in [5.74, 6) is 0. The monoisotopic (exact) mass is 382 g/mol. The van der Waals surface area contributed by atoms with Gasteiger partial charge in [-0.25, -0.2) is 0 Å². The first-order chi connectivity index (χ1) is 12.8. The third-order valence-corrected chi connectivity index (χ3v) is 4.57. The summed E-state index contributed by atoms with van der Waals surface area (Å²) in [5, 5.41) is 8.71. The zero-order valence-electron chi connectivity index (χ0n) is 17.3. The van der Waals surface area contributed by atoms with Crippen molar-refractivity contribution in [3.05, 3.63) is 0 Å². The molecule has 0 aromatic heterocycles. The molecule has 0 saturated carbocycles. The summed E-state index contributed by atoms with van der Waals surface area (Å²) in [6.45, 7) is 4.51. The zero-order chi connectivity index (χ0) is 19.1. The summed E-state index contributed by atoms with van der Waals surface area (Å²) < 4.78 is 0. The Bertz CT molecular complexity index is 324. The fourth-order valence-corrected chi connectivity index (χ4v) is 2.85. The molecule has 0 unspecified atom stereocenters. The van der Waals surface area contributed by atoms with Gasteiger partial charge in [0.2, 0.25) is 5.11 Å². The van der Waals surface area contributed by atoms with Crippen molar-refractivity contribution in [1.29, 1.82) is 0 Å². The van der Waals surface area contributed by atoms with Gasteiger partial charge in [0.05, 0.1) is 0 Å². The van der Waals surface area contributed by atoms with E-state index in [2.05, 4.69) is 34.9 Å². The average Bonchev–Trinajstić information content (AvgIpc) is 2.64. The Hall–Kier alpha value is -0.970. The van der Waals surface area contributed by atoms with Gasteiger partial charge in [-0.1, -0.05) is 90.9 Å². The van der Waals surface area contributed by atoms with E-state index in [0.717, 1.165) is 12.8 Å². The molecule has 0 saturated heterocycles. The van der Waals surface area contributed by atoms with Crippen LogP contribution in [0.4, 0.5) is 0 Å². The molecule has 2 N–H and O–H groups in total. The van der Waals surface area contributed by atoms with Crippen LogP contribution in [0, 0.1) is 0 Å². The number of unbranched alkanes of at least 4 members (excludes halogenated alkanes) is 14. The highest BCUT2D eigenvalue weighted by Crippen LogP contribution is 2.08. The Morgan fingerprint density at radius 3 is 1.35 bits per heavy atom. The van der Waals surface area contributed by atoms with Crippen molar-refractivity contribution >= 4 is 29.8 Å². The van der Waals surface area contributed by atoms with Crippen molar-refractivity contribution in [2.24, 2.45) is 10.2 Å². The second kappa shape index (κ2) is 22.1. The van der Waals surface area contributed by atoms with Crippen LogP contribution < -0.4 is 10.9 Å². The van der Waals surface area contributed by atoms with Crippen molar-refractivity contribution in [1.82, 2.24) is 10.9 Å². The van der Waals surface area contributed by atoms with Gasteiger partial charge in [0, 0.05) is 12.4 Å². The third kappa shape index (κ3) is 21.1. The van der Waals surface area contributed by atoms with Crippen molar-refractivity contribution in [2.75, 3.05) is 0 Å². The second-order valence-electron chi connectivity index (χ2n) is 7.00. The minimum absolute atomic E-state index is 0.455. The van der Waals surface area contributed by atoms with Gasteiger partial charge in [0.25, 0.3) is 0 Å². The molecular weight excluding hydrogens is 340 g/mol. The van der Waals surface area contributed by atoms with Gasteiger partial charge in [-0.05, 0) is 37.9 Å². The van der Waals surface area contributed by atoms with Crippen LogP contribution in [-0.4, -0.2) is 17.5 Å². The van der Waals surface area contributed by atoms with E-state index in [9.17, 15) is 0 Å². The van der Waals surface area contributed by atoms with Gasteiger partial charge in [0.15, 0.2) is 0 Å². The molecule has 0 atom stereocenters. The summed E-state index contributed by atoms with van der Waals surface area (Å²) in [6.07, 6.45) is 24.4. The summed E-state index contributed by atoms with van der Waals surface area (Å²) in [6, 6.07) is 0. The highest BCUT2D eigenvalue weighted by atomic mass is 32.1. The van der Waals surface area contributed by atoms with Crippen LogP contribution in [0.25, 0.3) is 0 Å². The second-order valence-corrected chi connectivity index (χ2v) is 7.40. The van der Waals surface area contributed by atoms with Crippen LogP contribution in [0.3, 0.4) is 0 Å². The van der Waals surface area contributed by atoms with Gasteiger partial charge in [-0.15, -0.1) is 0 Å². The molecule has 0 heterocycles. The summed E-state index contributed by atoms with van der Waals surface area (Å²) >= 11 is 5.12. The molecule has 0 bridgehead atoms. The highest BCUT2D eigenvalue weighted by Gasteiger charge is 1.92. The maximum absolute atomic E-state index is 5.12. The highest BCUT2D eigenvalue weighted by molar-refractivity contribution is 7.80. The minimum Gasteiger partial charge on any atom is -0.253 e. The molecule has 0 rings (SSSR count). The first kappa shape index (κ1) is 25.0. The summed E-state index contributed by atoms with van der Waals surface area (Å²) in [4.78, 5) is 0. The molecule has 26 heavy (non-hydrogen) atoms. The normalized spacial score (nSPS) is 11.5. The minimum atomic E-state index is 0.455. The number of hydrogen-bond donors (Lipinski definition) is 2. The first-order valence-electron chi connectivity index (χ1n) is 10.9. The number of nitrogens with one attached hydrogen (secondary N) is 2. The number of rotatable bonds is 18. The topological polar surface area (TPSA) is 48.8 Å². The Balaban J connectivity index is 3.34. The summed E-state index contributed by atoms with van der Waals surface area (Å²) in [7, 11) is 0. The van der Waals surface area contributed by atoms with E-state index in [0.29, 0.717) is 5.11 Å². The Morgan fingerprint density at radius 2 is 0.962 bits per heavy atom. The molecule has 0 radical (unpaired) electrons. The Kier molecular flexibility index (Phi) is 21.2. The van der Waals surface area contributed by atoms with Crippen LogP contribution in [-0.2, 0) is 0 Å². The van der Waals surface area contributed by atoms with Crippen LogP contribution in [0.1, 0.15) is 117 Å². The molecule has 0 spiro atoms. The van der Waals surface area contributed by atoms with Crippen LogP contribution in [0.15, 0.2) is 10.2 Å². The van der Waals surface area contributed by atoms with Crippen LogP contribution >= 0.6 is 12.2 Å². The molecule has 0 amide bonds. The average molecular weight is 383 g/mol. The van der Waals surface area contributed by atoms with E-state index >= 15 is 0 Å². The number of nitrogens with zero attached hydrogens (tertiary/aromatic N) is 2. The predicted molar refractivity (Wildman–Crippen MR) is 121 cm³/mol. The van der Waals surface area contributed by atoms with E-state index < -0.39 is 0 Å². The van der Waals surface area contributed by atoms with E-state index in [-0.39, 0.29) is 0 Å². The Morgan fingerprint density at radius 1 is 0.615 bits per heavy atom. The molecular formula is C21H42N4S. The number of hydrazone groups is 2. The quantitative estimate of drug-likeness (QED) is 0.120. The molecule has 5 heteroatoms. The standard InChI is InChI=1S/C21H42N4S/c1-3-5-7-9-11-13-15-17-19-22-24-21(26)25-23-20-18-16-14-12-10-8-6-4-2/h19-20H,3-18H2,1-2H3,(H2,24,25,26). The van der Waals surface area contributed by atoms with Gasteiger partial charge < -0.3 is 0 Å². The molecule has 0 aromatic rings. The fourth-order valence-electron chi connectivity index (χ4n) is 2.75. The van der Waals surface area contributed by atoms with Crippen LogP contribution in [0.5, 0.6) is 0 Å². The number of hydrogen-bond acceptors (Lipinski definition) is 3. The van der Waals surface area contributed by atoms with Crippen molar-refractivity contribution in [3.63, 3.8) is 0 Å². The molecule has 4 nitrogen and oxygen atoms in total. The fraction of sp³-hybridized carbons (Fsp3) is 0.857. The maximum Gasteiger partial charge on any atom is 0.207 e. The lowest BCUT2D eigenvalue weighted by Crippen LogP contribution is -2.28. The molecule has 0 fully saturated rings. The van der Waals surface area contributed by atoms with Crippen molar-refractivity contribution in [3.8, 4) is 0 Å². The maximum atomic E-state index is 5.12. The van der Waals surface area contributed by atoms with Gasteiger partial charge in [-0.3, -0.25) is 10.9 Å². The van der Waals surface area contributed by atoms with Crippen LogP contribution in [0.2, 0.25) is 0 Å². The van der Waals surface area contributed by atoms with Gasteiger partial charge >= 0.3 is 0 Å². The molecule has 0 aliphatic carbocycles. The van der Waals surface area contributed by atoms with Crippen molar-refractivity contribution in [2.45, 2.75) is 117 Å². The lowest BCUT2D eigenvalue weighted by Gasteiger charge is -2.01. The van der Waals surface area contributed by atoms with Gasteiger partial charge in [0.1, 0.15) is 0 Å². The van der Waals surface area contributed by atoms with E-state index in [1.807, 2.05) is 12.4 Å². The first-order valence-corrected chi connectivity index (χ1v) is 11.3. The molecule has 0 aliphatic heterocycles. The smallest absolute Gasteiger partial charge is 0.207 e. The zero-order valence-corrected chi connectivity index (χ0v) is 18.1. The lowest BCUT2D eigenvalue weighted by molar-refractivity contribution is 0.596. The SMILES string of the molecule is CCCCCCCCCC=NNC(=S)NN=CCCCCCCCCC. The van der Waals surface area contributed by atoms with E-state index in [1.54, 1.807) is 0 Å². The molecule has 0 aromatic carbocycles. The summed E-state index contributed by atoms with van der Waals surface area (Å²) in [5.41, 5.74) is 5.62. The van der Waals surface area contributed by atoms with E-state index in [4.69, 9.17) is 12.2 Å². The number of thiocarbonyl (C=S) groups is 1. The van der Waals surface area contributed by atoms with Gasteiger partial charge in [-0.2, -0.15) is 10.2 Å². The third-order valence-electron chi connectivity index (χ3n) is 4.39. The molecule has 152 valence electrons. The molecule has 0 aliphatic rings. The van der Waals surface area contributed by atoms with Crippen molar-refractivity contribution < 1.29 is 0 Å².